The Morgan fingerprint density at radius 2 is 1.78 bits per heavy atom. The molecule has 0 bridgehead atoms. The Morgan fingerprint density at radius 1 is 1.22 bits per heavy atom. The molecular weight excluding hydrogens is 137 g/mol. The van der Waals surface area contributed by atoms with Gasteiger partial charge in [0.05, 0.1) is 0 Å². The summed E-state index contributed by atoms with van der Waals surface area (Å²) < 4.78 is 11.7. The fourth-order valence-electron chi connectivity index (χ4n) is 0.536. The van der Waals surface area contributed by atoms with E-state index >= 15 is 0 Å². The minimum atomic E-state index is 0.538. The van der Waals surface area contributed by atoms with Crippen LogP contribution in [-0.4, -0.2) is 7.56 Å². The molecule has 1 aromatic carbocycles. The van der Waals surface area contributed by atoms with Gasteiger partial charge in [-0.3, -0.25) is 0 Å². The summed E-state index contributed by atoms with van der Waals surface area (Å²) in [4.78, 5) is 0. The Labute approximate surface area is 58.9 Å². The number of hydrogen-bond donors (Lipinski definition) is 0. The third kappa shape index (κ3) is 1.72. The molecule has 0 aromatic heterocycles. The van der Waals surface area contributed by atoms with Crippen molar-refractivity contribution in [3.63, 3.8) is 0 Å². The van der Waals surface area contributed by atoms with E-state index in [4.69, 9.17) is 11.6 Å². The maximum Gasteiger partial charge on any atom is 0.391 e. The van der Waals surface area contributed by atoms with Gasteiger partial charge in [-0.25, -0.2) is 0 Å². The van der Waals surface area contributed by atoms with Gasteiger partial charge in [-0.1, -0.05) is 23.7 Å². The summed E-state index contributed by atoms with van der Waals surface area (Å²) in [5.41, 5.74) is 0.541. The van der Waals surface area contributed by atoms with Gasteiger partial charge in [0.1, 0.15) is 0 Å². The van der Waals surface area contributed by atoms with Crippen LogP contribution in [0.2, 0.25) is 5.02 Å². The second-order valence-corrected chi connectivity index (χ2v) is 2.10. The summed E-state index contributed by atoms with van der Waals surface area (Å²) in [6, 6.07) is 6.52. The van der Waals surface area contributed by atoms with E-state index in [0.29, 0.717) is 18.0 Å². The third-order valence-electron chi connectivity index (χ3n) is 0.996. The molecular formula is C6H4BClF. The number of halogens is 2. The van der Waals surface area contributed by atoms with Crippen LogP contribution in [0.15, 0.2) is 24.3 Å². The number of benzene rings is 1. The monoisotopic (exact) mass is 141 g/mol. The van der Waals surface area contributed by atoms with Gasteiger partial charge in [0, 0.05) is 5.02 Å². The molecule has 0 aliphatic heterocycles. The van der Waals surface area contributed by atoms with Crippen LogP contribution < -0.4 is 5.46 Å². The lowest BCUT2D eigenvalue weighted by molar-refractivity contribution is 0.885. The molecule has 0 fully saturated rings. The van der Waals surface area contributed by atoms with Gasteiger partial charge >= 0.3 is 7.56 Å². The summed E-state index contributed by atoms with van der Waals surface area (Å²) in [5.74, 6) is 0. The second-order valence-electron chi connectivity index (χ2n) is 1.66. The summed E-state index contributed by atoms with van der Waals surface area (Å²) in [6.45, 7) is 0. The molecule has 1 rings (SSSR count). The van der Waals surface area contributed by atoms with Gasteiger partial charge in [-0.15, -0.1) is 0 Å². The highest BCUT2D eigenvalue weighted by Gasteiger charge is 1.92. The van der Waals surface area contributed by atoms with E-state index in [-0.39, 0.29) is 0 Å². The zero-order valence-corrected chi connectivity index (χ0v) is 5.40. The van der Waals surface area contributed by atoms with Gasteiger partial charge in [0.15, 0.2) is 0 Å². The van der Waals surface area contributed by atoms with E-state index < -0.39 is 0 Å². The van der Waals surface area contributed by atoms with E-state index in [2.05, 4.69) is 0 Å². The maximum atomic E-state index is 11.7. The van der Waals surface area contributed by atoms with Crippen LogP contribution in [0, 0.1) is 0 Å². The van der Waals surface area contributed by atoms with Crippen molar-refractivity contribution in [1.82, 2.24) is 0 Å². The van der Waals surface area contributed by atoms with Gasteiger partial charge in [0.25, 0.3) is 0 Å². The van der Waals surface area contributed by atoms with Crippen molar-refractivity contribution in [2.45, 2.75) is 0 Å². The fraction of sp³-hybridized carbons (Fsp3) is 0. The maximum absolute atomic E-state index is 11.7. The van der Waals surface area contributed by atoms with Gasteiger partial charge in [-0.2, -0.15) is 0 Å². The lowest BCUT2D eigenvalue weighted by atomic mass is 9.92. The Balaban J connectivity index is 2.88. The Kier molecular flexibility index (Phi) is 2.12. The fourth-order valence-corrected chi connectivity index (χ4v) is 0.662. The molecule has 0 atom stereocenters. The largest absolute Gasteiger partial charge is 0.391 e. The molecule has 1 radical (unpaired) electrons. The standard InChI is InChI=1S/C6H4BClF/c8-6-3-1-5(7-9)2-4-6/h1-4H. The highest BCUT2D eigenvalue weighted by atomic mass is 35.5. The molecule has 0 nitrogen and oxygen atoms in total. The lowest BCUT2D eigenvalue weighted by Crippen LogP contribution is -2.07. The third-order valence-corrected chi connectivity index (χ3v) is 1.25. The van der Waals surface area contributed by atoms with Crippen LogP contribution in [0.5, 0.6) is 0 Å². The number of rotatable bonds is 1. The summed E-state index contributed by atoms with van der Waals surface area (Å²) in [5, 5.41) is 0.626. The van der Waals surface area contributed by atoms with Crippen molar-refractivity contribution in [2.75, 3.05) is 0 Å². The SMILES string of the molecule is F[B]c1ccc(Cl)cc1. The summed E-state index contributed by atoms with van der Waals surface area (Å²) in [7, 11) is 0.538. The molecule has 0 aliphatic carbocycles. The zero-order valence-electron chi connectivity index (χ0n) is 4.64. The zero-order chi connectivity index (χ0) is 6.69. The molecule has 0 N–H and O–H groups in total. The first-order chi connectivity index (χ1) is 4.33. The molecule has 0 saturated heterocycles. The van der Waals surface area contributed by atoms with E-state index in [1.54, 1.807) is 24.3 Å². The normalized spacial score (nSPS) is 9.11. The van der Waals surface area contributed by atoms with Crippen LogP contribution in [0.1, 0.15) is 0 Å². The Bertz CT molecular complexity index is 185. The minimum Gasteiger partial charge on any atom is -0.335 e. The minimum absolute atomic E-state index is 0.538. The molecule has 9 heavy (non-hydrogen) atoms. The van der Waals surface area contributed by atoms with Gasteiger partial charge in [0.2, 0.25) is 0 Å². The first-order valence-corrected chi connectivity index (χ1v) is 2.90. The Hall–Kier alpha value is -0.495. The van der Waals surface area contributed by atoms with E-state index in [9.17, 15) is 4.32 Å². The van der Waals surface area contributed by atoms with Gasteiger partial charge < -0.3 is 4.32 Å². The van der Waals surface area contributed by atoms with Crippen molar-refractivity contribution >= 4 is 24.6 Å². The van der Waals surface area contributed by atoms with Crippen LogP contribution in [0.3, 0.4) is 0 Å². The van der Waals surface area contributed by atoms with Crippen molar-refractivity contribution in [1.29, 1.82) is 0 Å². The average Bonchev–Trinajstić information content (AvgIpc) is 1.90. The molecule has 0 saturated carbocycles. The lowest BCUT2D eigenvalue weighted by Gasteiger charge is -1.89. The topological polar surface area (TPSA) is 0 Å². The highest BCUT2D eigenvalue weighted by molar-refractivity contribution is 6.46. The van der Waals surface area contributed by atoms with Crippen molar-refractivity contribution in [2.24, 2.45) is 0 Å². The molecule has 1 aromatic rings. The van der Waals surface area contributed by atoms with E-state index in [1.807, 2.05) is 0 Å². The smallest absolute Gasteiger partial charge is 0.335 e. The van der Waals surface area contributed by atoms with Crippen LogP contribution in [0.25, 0.3) is 0 Å². The first kappa shape index (κ1) is 6.62. The number of hydrogen-bond acceptors (Lipinski definition) is 0. The van der Waals surface area contributed by atoms with Crippen molar-refractivity contribution in [3.05, 3.63) is 29.3 Å². The molecule has 0 amide bonds. The van der Waals surface area contributed by atoms with Crippen LogP contribution in [-0.2, 0) is 0 Å². The average molecular weight is 141 g/mol. The summed E-state index contributed by atoms with van der Waals surface area (Å²) >= 11 is 5.53. The predicted molar refractivity (Wildman–Crippen MR) is 37.9 cm³/mol. The quantitative estimate of drug-likeness (QED) is 0.521. The first-order valence-electron chi connectivity index (χ1n) is 2.52. The highest BCUT2D eigenvalue weighted by Crippen LogP contribution is 2.02. The van der Waals surface area contributed by atoms with E-state index in [1.165, 1.54) is 0 Å². The van der Waals surface area contributed by atoms with Crippen LogP contribution in [0.4, 0.5) is 4.32 Å². The Morgan fingerprint density at radius 3 is 2.22 bits per heavy atom. The van der Waals surface area contributed by atoms with E-state index in [0.717, 1.165) is 0 Å². The van der Waals surface area contributed by atoms with Gasteiger partial charge in [-0.05, 0) is 17.6 Å². The predicted octanol–water partition coefficient (Wildman–Crippen LogP) is 1.55. The molecule has 0 aliphatic rings. The molecule has 45 valence electrons. The molecule has 3 heteroatoms. The second kappa shape index (κ2) is 2.88. The van der Waals surface area contributed by atoms with Crippen molar-refractivity contribution in [3.8, 4) is 0 Å². The molecule has 0 unspecified atom stereocenters. The molecule has 0 spiro atoms. The molecule has 0 heterocycles. The van der Waals surface area contributed by atoms with Crippen LogP contribution >= 0.6 is 11.6 Å². The summed E-state index contributed by atoms with van der Waals surface area (Å²) in [6.07, 6.45) is 0. The van der Waals surface area contributed by atoms with Crippen molar-refractivity contribution < 1.29 is 4.32 Å².